The van der Waals surface area contributed by atoms with Crippen molar-refractivity contribution in [2.75, 3.05) is 5.32 Å². The van der Waals surface area contributed by atoms with Gasteiger partial charge in [-0.2, -0.15) is 13.9 Å². The van der Waals surface area contributed by atoms with E-state index in [1.807, 2.05) is 0 Å². The second-order valence-corrected chi connectivity index (χ2v) is 5.46. The Morgan fingerprint density at radius 1 is 1.39 bits per heavy atom. The van der Waals surface area contributed by atoms with E-state index in [2.05, 4.69) is 15.2 Å². The maximum Gasteiger partial charge on any atom is 0.387 e. The number of carbonyl (C=O) groups is 1. The number of anilines is 1. The van der Waals surface area contributed by atoms with Gasteiger partial charge in [0.2, 0.25) is 5.91 Å². The second-order valence-electron chi connectivity index (χ2n) is 4.65. The van der Waals surface area contributed by atoms with Crippen LogP contribution in [0.2, 0.25) is 10.0 Å². The fraction of sp³-hybridized carbons (Fsp3) is 0.286. The highest BCUT2D eigenvalue weighted by atomic mass is 35.5. The standard InChI is InChI=1S/C14H13Cl2F2N3O2/c1-8-11(16)7-21(20-8)5-4-13(22)19-9-2-3-12(10(15)6-9)23-14(17)18/h2-3,6-7,14H,4-5H2,1H3,(H,19,22). The van der Waals surface area contributed by atoms with Gasteiger partial charge in [-0.1, -0.05) is 23.2 Å². The molecule has 0 fully saturated rings. The summed E-state index contributed by atoms with van der Waals surface area (Å²) in [5.74, 6) is -0.422. The first-order valence-electron chi connectivity index (χ1n) is 6.59. The molecule has 0 spiro atoms. The van der Waals surface area contributed by atoms with Crippen molar-refractivity contribution in [1.29, 1.82) is 0 Å². The van der Waals surface area contributed by atoms with Crippen LogP contribution < -0.4 is 10.1 Å². The Morgan fingerprint density at radius 3 is 2.70 bits per heavy atom. The second kappa shape index (κ2) is 7.61. The Hall–Kier alpha value is -1.86. The van der Waals surface area contributed by atoms with Crippen LogP contribution in [0.4, 0.5) is 14.5 Å². The van der Waals surface area contributed by atoms with E-state index in [9.17, 15) is 13.6 Å². The lowest BCUT2D eigenvalue weighted by atomic mass is 10.3. The maximum absolute atomic E-state index is 12.1. The van der Waals surface area contributed by atoms with Crippen molar-refractivity contribution in [1.82, 2.24) is 9.78 Å². The van der Waals surface area contributed by atoms with Gasteiger partial charge in [-0.3, -0.25) is 9.48 Å². The molecular formula is C14H13Cl2F2N3O2. The summed E-state index contributed by atoms with van der Waals surface area (Å²) < 4.78 is 30.1. The van der Waals surface area contributed by atoms with Crippen LogP contribution in [0, 0.1) is 6.92 Å². The average molecular weight is 364 g/mol. The molecule has 5 nitrogen and oxygen atoms in total. The first-order valence-corrected chi connectivity index (χ1v) is 7.34. The van der Waals surface area contributed by atoms with Crippen LogP contribution in [0.1, 0.15) is 12.1 Å². The van der Waals surface area contributed by atoms with Crippen LogP contribution in [0.5, 0.6) is 5.75 Å². The molecule has 1 heterocycles. The first kappa shape index (κ1) is 17.5. The molecular weight excluding hydrogens is 351 g/mol. The van der Waals surface area contributed by atoms with Crippen molar-refractivity contribution in [2.24, 2.45) is 0 Å². The van der Waals surface area contributed by atoms with Gasteiger partial charge in [-0.15, -0.1) is 0 Å². The van der Waals surface area contributed by atoms with Gasteiger partial charge in [0.1, 0.15) is 5.75 Å². The van der Waals surface area contributed by atoms with E-state index in [0.717, 1.165) is 0 Å². The van der Waals surface area contributed by atoms with Crippen molar-refractivity contribution in [3.8, 4) is 5.75 Å². The highest BCUT2D eigenvalue weighted by Crippen LogP contribution is 2.29. The summed E-state index contributed by atoms with van der Waals surface area (Å²) in [6.45, 7) is -0.832. The molecule has 0 aliphatic rings. The third-order valence-electron chi connectivity index (χ3n) is 2.89. The number of alkyl halides is 2. The zero-order valence-corrected chi connectivity index (χ0v) is 13.5. The average Bonchev–Trinajstić information content (AvgIpc) is 2.78. The lowest BCUT2D eigenvalue weighted by Gasteiger charge is -2.09. The molecule has 0 saturated carbocycles. The van der Waals surface area contributed by atoms with Gasteiger partial charge >= 0.3 is 6.61 Å². The number of halogens is 4. The predicted molar refractivity (Wildman–Crippen MR) is 83.3 cm³/mol. The minimum absolute atomic E-state index is 0.0161. The number of ether oxygens (including phenoxy) is 1. The first-order chi connectivity index (χ1) is 10.8. The number of amides is 1. The molecule has 2 aromatic rings. The SMILES string of the molecule is Cc1nn(CCC(=O)Nc2ccc(OC(F)F)c(Cl)c2)cc1Cl. The van der Waals surface area contributed by atoms with Crippen LogP contribution in [0.25, 0.3) is 0 Å². The fourth-order valence-corrected chi connectivity index (χ4v) is 2.19. The number of aromatic nitrogens is 2. The minimum atomic E-state index is -2.96. The largest absolute Gasteiger partial charge is 0.433 e. The smallest absolute Gasteiger partial charge is 0.387 e. The third-order valence-corrected chi connectivity index (χ3v) is 3.55. The summed E-state index contributed by atoms with van der Waals surface area (Å²) in [4.78, 5) is 11.9. The van der Waals surface area contributed by atoms with Gasteiger partial charge in [0.15, 0.2) is 0 Å². The van der Waals surface area contributed by atoms with Crippen molar-refractivity contribution in [3.05, 3.63) is 40.1 Å². The lowest BCUT2D eigenvalue weighted by Crippen LogP contribution is -2.15. The summed E-state index contributed by atoms with van der Waals surface area (Å²) in [7, 11) is 0. The van der Waals surface area contributed by atoms with Gasteiger partial charge < -0.3 is 10.1 Å². The number of hydrogen-bond acceptors (Lipinski definition) is 3. The molecule has 0 aliphatic carbocycles. The molecule has 1 aromatic carbocycles. The summed E-state index contributed by atoms with van der Waals surface area (Å²) >= 11 is 11.7. The van der Waals surface area contributed by atoms with E-state index in [-0.39, 0.29) is 23.1 Å². The van der Waals surface area contributed by atoms with Gasteiger partial charge in [0.05, 0.1) is 15.7 Å². The summed E-state index contributed by atoms with van der Waals surface area (Å²) in [5, 5.41) is 7.27. The zero-order valence-electron chi connectivity index (χ0n) is 12.0. The molecule has 9 heteroatoms. The molecule has 2 rings (SSSR count). The topological polar surface area (TPSA) is 56.2 Å². The molecule has 1 amide bonds. The minimum Gasteiger partial charge on any atom is -0.433 e. The monoisotopic (exact) mass is 363 g/mol. The molecule has 1 N–H and O–H groups in total. The molecule has 124 valence electrons. The number of nitrogens with zero attached hydrogens (tertiary/aromatic N) is 2. The number of carbonyl (C=O) groups excluding carboxylic acids is 1. The summed E-state index contributed by atoms with van der Waals surface area (Å²) in [5.41, 5.74) is 1.07. The van der Waals surface area contributed by atoms with E-state index >= 15 is 0 Å². The van der Waals surface area contributed by atoms with E-state index in [4.69, 9.17) is 23.2 Å². The van der Waals surface area contributed by atoms with Crippen LogP contribution in [-0.2, 0) is 11.3 Å². The van der Waals surface area contributed by atoms with Gasteiger partial charge in [-0.25, -0.2) is 0 Å². The molecule has 0 aliphatic heterocycles. The molecule has 23 heavy (non-hydrogen) atoms. The zero-order chi connectivity index (χ0) is 17.0. The highest BCUT2D eigenvalue weighted by Gasteiger charge is 2.11. The van der Waals surface area contributed by atoms with E-state index in [1.54, 1.807) is 17.8 Å². The number of benzene rings is 1. The number of nitrogens with one attached hydrogen (secondary N) is 1. The fourth-order valence-electron chi connectivity index (χ4n) is 1.82. The van der Waals surface area contributed by atoms with Crippen LogP contribution in [-0.4, -0.2) is 22.3 Å². The van der Waals surface area contributed by atoms with Crippen molar-refractivity contribution in [2.45, 2.75) is 26.5 Å². The Balaban J connectivity index is 1.91. The van der Waals surface area contributed by atoms with E-state index < -0.39 is 6.61 Å². The molecule has 1 aromatic heterocycles. The van der Waals surface area contributed by atoms with Crippen LogP contribution in [0.3, 0.4) is 0 Å². The molecule has 0 unspecified atom stereocenters. The highest BCUT2D eigenvalue weighted by molar-refractivity contribution is 6.32. The van der Waals surface area contributed by atoms with Crippen molar-refractivity contribution in [3.63, 3.8) is 0 Å². The number of aryl methyl sites for hydroxylation is 2. The Labute approximate surface area is 141 Å². The maximum atomic E-state index is 12.1. The molecule has 0 saturated heterocycles. The van der Waals surface area contributed by atoms with E-state index in [0.29, 0.717) is 22.9 Å². The molecule has 0 radical (unpaired) electrons. The molecule has 0 bridgehead atoms. The van der Waals surface area contributed by atoms with Crippen LogP contribution >= 0.6 is 23.2 Å². The molecule has 0 atom stereocenters. The van der Waals surface area contributed by atoms with Gasteiger partial charge in [0, 0.05) is 24.8 Å². The number of hydrogen-bond donors (Lipinski definition) is 1. The third kappa shape index (κ3) is 5.07. The quantitative estimate of drug-likeness (QED) is 0.839. The lowest BCUT2D eigenvalue weighted by molar-refractivity contribution is -0.116. The summed E-state index contributed by atoms with van der Waals surface area (Å²) in [6, 6.07) is 4.03. The predicted octanol–water partition coefficient (Wildman–Crippen LogP) is 4.13. The Kier molecular flexibility index (Phi) is 5.79. The van der Waals surface area contributed by atoms with E-state index in [1.165, 1.54) is 18.2 Å². The Morgan fingerprint density at radius 2 is 2.13 bits per heavy atom. The van der Waals surface area contributed by atoms with Crippen molar-refractivity contribution < 1.29 is 18.3 Å². The Bertz CT molecular complexity index is 688. The van der Waals surface area contributed by atoms with Gasteiger partial charge in [0.25, 0.3) is 0 Å². The normalized spacial score (nSPS) is 10.9. The number of rotatable bonds is 6. The summed E-state index contributed by atoms with van der Waals surface area (Å²) in [6.07, 6.45) is 1.81. The van der Waals surface area contributed by atoms with Crippen molar-refractivity contribution >= 4 is 34.8 Å². The van der Waals surface area contributed by atoms with Crippen LogP contribution in [0.15, 0.2) is 24.4 Å². The van der Waals surface area contributed by atoms with Gasteiger partial charge in [-0.05, 0) is 25.1 Å².